The molecule has 0 radical (unpaired) electrons. The summed E-state index contributed by atoms with van der Waals surface area (Å²) >= 11 is 6.12. The van der Waals surface area contributed by atoms with E-state index in [0.717, 1.165) is 10.8 Å². The molecule has 3 aromatic carbocycles. The maximum absolute atomic E-state index is 12.2. The number of fused-ring (bicyclic) bond motifs is 2. The summed E-state index contributed by atoms with van der Waals surface area (Å²) in [6, 6.07) is 17.1. The number of carbonyl (C=O) groups is 1. The molecule has 1 N–H and O–H groups in total. The molecule has 1 atom stereocenters. The van der Waals surface area contributed by atoms with Gasteiger partial charge in [-0.05, 0) is 47.5 Å². The van der Waals surface area contributed by atoms with E-state index >= 15 is 0 Å². The molecule has 0 aliphatic carbocycles. The highest BCUT2D eigenvalue weighted by Gasteiger charge is 2.18. The fourth-order valence-corrected chi connectivity index (χ4v) is 3.10. The summed E-state index contributed by atoms with van der Waals surface area (Å²) in [5.41, 5.74) is 3.14. The molecule has 0 spiro atoms. The first-order valence-corrected chi connectivity index (χ1v) is 9.05. The van der Waals surface area contributed by atoms with Crippen LogP contribution in [-0.2, 0) is 4.79 Å². The van der Waals surface area contributed by atoms with E-state index < -0.39 is 6.10 Å². The third kappa shape index (κ3) is 3.87. The van der Waals surface area contributed by atoms with Crippen LogP contribution in [0.4, 0.5) is 0 Å². The Balaban J connectivity index is 1.37. The number of halogens is 1. The average Bonchev–Trinajstić information content (AvgIpc) is 3.17. The van der Waals surface area contributed by atoms with E-state index in [1.54, 1.807) is 19.1 Å². The van der Waals surface area contributed by atoms with Crippen molar-refractivity contribution in [2.75, 3.05) is 6.79 Å². The van der Waals surface area contributed by atoms with Gasteiger partial charge in [-0.25, -0.2) is 5.43 Å². The number of rotatable bonds is 5. The SMILES string of the molecule is C[C@@H](Oc1ccc2ccccc2c1)C(=O)N/N=C\c1cc(Cl)c2c(c1)OCO2. The number of nitrogens with zero attached hydrogens (tertiary/aromatic N) is 1. The van der Waals surface area contributed by atoms with Gasteiger partial charge in [-0.1, -0.05) is 41.9 Å². The van der Waals surface area contributed by atoms with E-state index in [0.29, 0.717) is 27.8 Å². The zero-order chi connectivity index (χ0) is 19.5. The van der Waals surface area contributed by atoms with E-state index in [4.69, 9.17) is 25.8 Å². The molecular formula is C21H17ClN2O4. The normalized spacial score (nSPS) is 13.6. The van der Waals surface area contributed by atoms with Crippen LogP contribution >= 0.6 is 11.6 Å². The van der Waals surface area contributed by atoms with Crippen LogP contribution in [0.2, 0.25) is 5.02 Å². The quantitative estimate of drug-likeness (QED) is 0.520. The molecule has 4 rings (SSSR count). The minimum Gasteiger partial charge on any atom is -0.481 e. The van der Waals surface area contributed by atoms with Crippen molar-refractivity contribution in [3.8, 4) is 17.2 Å². The zero-order valence-electron chi connectivity index (χ0n) is 15.0. The zero-order valence-corrected chi connectivity index (χ0v) is 15.8. The average molecular weight is 397 g/mol. The second-order valence-corrected chi connectivity index (χ2v) is 6.65. The maximum atomic E-state index is 12.2. The van der Waals surface area contributed by atoms with Gasteiger partial charge in [-0.3, -0.25) is 4.79 Å². The monoisotopic (exact) mass is 396 g/mol. The molecule has 6 nitrogen and oxygen atoms in total. The molecule has 3 aromatic rings. The molecule has 1 aliphatic heterocycles. The lowest BCUT2D eigenvalue weighted by molar-refractivity contribution is -0.127. The molecule has 142 valence electrons. The number of ether oxygens (including phenoxy) is 3. The van der Waals surface area contributed by atoms with Gasteiger partial charge in [0.15, 0.2) is 17.6 Å². The lowest BCUT2D eigenvalue weighted by Crippen LogP contribution is -2.33. The van der Waals surface area contributed by atoms with Crippen molar-refractivity contribution in [2.45, 2.75) is 13.0 Å². The van der Waals surface area contributed by atoms with Gasteiger partial charge >= 0.3 is 0 Å². The van der Waals surface area contributed by atoms with Crippen molar-refractivity contribution in [3.63, 3.8) is 0 Å². The summed E-state index contributed by atoms with van der Waals surface area (Å²) in [5, 5.41) is 6.54. The van der Waals surface area contributed by atoms with E-state index in [-0.39, 0.29) is 12.7 Å². The predicted molar refractivity (Wildman–Crippen MR) is 107 cm³/mol. The van der Waals surface area contributed by atoms with E-state index in [9.17, 15) is 4.79 Å². The highest BCUT2D eigenvalue weighted by atomic mass is 35.5. The summed E-state index contributed by atoms with van der Waals surface area (Å²) < 4.78 is 16.3. The predicted octanol–water partition coefficient (Wildman–Crippen LogP) is 4.14. The van der Waals surface area contributed by atoms with Gasteiger partial charge in [0.1, 0.15) is 5.75 Å². The van der Waals surface area contributed by atoms with Gasteiger partial charge in [0.25, 0.3) is 5.91 Å². The largest absolute Gasteiger partial charge is 0.481 e. The molecule has 0 saturated carbocycles. The van der Waals surface area contributed by atoms with Crippen LogP contribution in [0.3, 0.4) is 0 Å². The standard InChI is InChI=1S/C21H17ClN2O4/c1-13(28-17-7-6-15-4-2-3-5-16(15)10-17)21(25)24-23-11-14-8-18(22)20-19(9-14)26-12-27-20/h2-11,13H,12H2,1H3,(H,24,25)/b23-11-/t13-/m1/s1. The summed E-state index contributed by atoms with van der Waals surface area (Å²) in [6.07, 6.45) is 0.771. The van der Waals surface area contributed by atoms with Gasteiger partial charge < -0.3 is 14.2 Å². The minimum atomic E-state index is -0.710. The highest BCUT2D eigenvalue weighted by Crippen LogP contribution is 2.39. The van der Waals surface area contributed by atoms with E-state index in [2.05, 4.69) is 10.5 Å². The van der Waals surface area contributed by atoms with Crippen molar-refractivity contribution in [2.24, 2.45) is 5.10 Å². The van der Waals surface area contributed by atoms with Crippen LogP contribution in [0.5, 0.6) is 17.2 Å². The first-order chi connectivity index (χ1) is 13.6. The topological polar surface area (TPSA) is 69.2 Å². The Morgan fingerprint density at radius 1 is 1.18 bits per heavy atom. The lowest BCUT2D eigenvalue weighted by Gasteiger charge is -2.13. The molecule has 7 heteroatoms. The Bertz CT molecular complexity index is 1070. The number of hydrogen-bond donors (Lipinski definition) is 1. The van der Waals surface area contributed by atoms with Crippen LogP contribution in [0, 0.1) is 0 Å². The fourth-order valence-electron chi connectivity index (χ4n) is 2.82. The van der Waals surface area contributed by atoms with Crippen molar-refractivity contribution >= 4 is 34.5 Å². The third-order valence-electron chi connectivity index (χ3n) is 4.24. The number of nitrogens with one attached hydrogen (secondary N) is 1. The first kappa shape index (κ1) is 18.1. The van der Waals surface area contributed by atoms with E-state index in [1.165, 1.54) is 6.21 Å². The molecule has 1 aliphatic rings. The summed E-state index contributed by atoms with van der Waals surface area (Å²) in [7, 11) is 0. The molecule has 0 aromatic heterocycles. The van der Waals surface area contributed by atoms with Gasteiger partial charge in [-0.15, -0.1) is 0 Å². The Hall–Kier alpha value is -3.25. The van der Waals surface area contributed by atoms with Crippen LogP contribution in [0.1, 0.15) is 12.5 Å². The molecule has 0 saturated heterocycles. The Morgan fingerprint density at radius 3 is 2.86 bits per heavy atom. The van der Waals surface area contributed by atoms with Crippen molar-refractivity contribution in [1.82, 2.24) is 5.43 Å². The van der Waals surface area contributed by atoms with E-state index in [1.807, 2.05) is 42.5 Å². The smallest absolute Gasteiger partial charge is 0.280 e. The van der Waals surface area contributed by atoms with Crippen LogP contribution in [0.15, 0.2) is 59.7 Å². The Labute approximate surface area is 166 Å². The molecular weight excluding hydrogens is 380 g/mol. The molecule has 28 heavy (non-hydrogen) atoms. The van der Waals surface area contributed by atoms with Crippen LogP contribution in [-0.4, -0.2) is 25.0 Å². The van der Waals surface area contributed by atoms with Crippen molar-refractivity contribution < 1.29 is 19.0 Å². The molecule has 1 heterocycles. The van der Waals surface area contributed by atoms with Gasteiger partial charge in [0, 0.05) is 0 Å². The Kier molecular flexibility index (Phi) is 5.04. The van der Waals surface area contributed by atoms with Crippen molar-refractivity contribution in [3.05, 3.63) is 65.2 Å². The second kappa shape index (κ2) is 7.78. The van der Waals surface area contributed by atoms with Gasteiger partial charge in [0.2, 0.25) is 6.79 Å². The second-order valence-electron chi connectivity index (χ2n) is 6.24. The summed E-state index contributed by atoms with van der Waals surface area (Å²) in [4.78, 5) is 12.2. The number of benzene rings is 3. The highest BCUT2D eigenvalue weighted by molar-refractivity contribution is 6.32. The van der Waals surface area contributed by atoms with Crippen molar-refractivity contribution in [1.29, 1.82) is 0 Å². The van der Waals surface area contributed by atoms with Gasteiger partial charge in [0.05, 0.1) is 11.2 Å². The Morgan fingerprint density at radius 2 is 2.00 bits per heavy atom. The number of amides is 1. The first-order valence-electron chi connectivity index (χ1n) is 8.68. The molecule has 0 bridgehead atoms. The lowest BCUT2D eigenvalue weighted by atomic mass is 10.1. The summed E-state index contributed by atoms with van der Waals surface area (Å²) in [6.45, 7) is 1.80. The van der Waals surface area contributed by atoms with Gasteiger partial charge in [-0.2, -0.15) is 5.10 Å². The summed E-state index contributed by atoms with van der Waals surface area (Å²) in [5.74, 6) is 1.32. The van der Waals surface area contributed by atoms with Crippen LogP contribution < -0.4 is 19.6 Å². The van der Waals surface area contributed by atoms with Crippen LogP contribution in [0.25, 0.3) is 10.8 Å². The third-order valence-corrected chi connectivity index (χ3v) is 4.52. The minimum absolute atomic E-state index is 0.135. The molecule has 0 fully saturated rings. The number of hydrazone groups is 1. The maximum Gasteiger partial charge on any atom is 0.280 e. The fraction of sp³-hybridized carbons (Fsp3) is 0.143. The molecule has 0 unspecified atom stereocenters. The number of hydrogen-bond acceptors (Lipinski definition) is 5. The molecule has 1 amide bonds. The number of carbonyl (C=O) groups excluding carboxylic acids is 1.